The Morgan fingerprint density at radius 1 is 1.41 bits per heavy atom. The van der Waals surface area contributed by atoms with Gasteiger partial charge in [-0.25, -0.2) is 0 Å². The van der Waals surface area contributed by atoms with Crippen molar-refractivity contribution < 1.29 is 14.7 Å². The zero-order valence-corrected chi connectivity index (χ0v) is 10.4. The van der Waals surface area contributed by atoms with Gasteiger partial charge in [-0.15, -0.1) is 0 Å². The minimum absolute atomic E-state index is 0.0357. The third-order valence-corrected chi connectivity index (χ3v) is 3.32. The molecule has 2 atom stereocenters. The molecule has 1 aliphatic carbocycles. The second kappa shape index (κ2) is 6.59. The predicted molar refractivity (Wildman–Crippen MR) is 64.4 cm³/mol. The van der Waals surface area contributed by atoms with Crippen LogP contribution < -0.4 is 5.73 Å². The van der Waals surface area contributed by atoms with Crippen LogP contribution in [-0.4, -0.2) is 41.5 Å². The van der Waals surface area contributed by atoms with E-state index in [1.54, 1.807) is 11.9 Å². The molecule has 0 saturated heterocycles. The Morgan fingerprint density at radius 2 is 2.12 bits per heavy atom. The van der Waals surface area contributed by atoms with E-state index in [1.807, 2.05) is 0 Å². The summed E-state index contributed by atoms with van der Waals surface area (Å²) in [6.45, 7) is 0.511. The smallest absolute Gasteiger partial charge is 0.303 e. The Morgan fingerprint density at radius 3 is 2.71 bits per heavy atom. The van der Waals surface area contributed by atoms with Crippen molar-refractivity contribution in [1.29, 1.82) is 0 Å². The maximum absolute atomic E-state index is 12.0. The van der Waals surface area contributed by atoms with Gasteiger partial charge in [0.05, 0.1) is 0 Å². The van der Waals surface area contributed by atoms with Gasteiger partial charge in [-0.05, 0) is 25.7 Å². The molecule has 1 aliphatic rings. The van der Waals surface area contributed by atoms with Crippen LogP contribution in [0.1, 0.15) is 38.5 Å². The number of nitrogens with zero attached hydrogens (tertiary/aromatic N) is 1. The molecular weight excluding hydrogens is 220 g/mol. The van der Waals surface area contributed by atoms with E-state index in [0.29, 0.717) is 13.0 Å². The van der Waals surface area contributed by atoms with Gasteiger partial charge in [-0.1, -0.05) is 6.42 Å². The maximum atomic E-state index is 12.0. The summed E-state index contributed by atoms with van der Waals surface area (Å²) < 4.78 is 0. The van der Waals surface area contributed by atoms with Crippen molar-refractivity contribution in [3.8, 4) is 0 Å². The number of nitrogens with two attached hydrogens (primary N) is 1. The molecule has 0 aromatic carbocycles. The number of carbonyl (C=O) groups is 2. The van der Waals surface area contributed by atoms with Crippen LogP contribution in [0.2, 0.25) is 0 Å². The predicted octanol–water partition coefficient (Wildman–Crippen LogP) is 0.827. The molecule has 1 amide bonds. The van der Waals surface area contributed by atoms with Gasteiger partial charge in [0, 0.05) is 32.0 Å². The fraction of sp³-hybridized carbons (Fsp3) is 0.833. The van der Waals surface area contributed by atoms with Crippen LogP contribution in [0.25, 0.3) is 0 Å². The number of hydrogen-bond acceptors (Lipinski definition) is 3. The number of rotatable bonds is 5. The van der Waals surface area contributed by atoms with Crippen LogP contribution in [0.15, 0.2) is 0 Å². The monoisotopic (exact) mass is 242 g/mol. The number of carboxylic acids is 1. The molecule has 5 heteroatoms. The van der Waals surface area contributed by atoms with Crippen molar-refractivity contribution >= 4 is 11.9 Å². The molecule has 2 unspecified atom stereocenters. The average Bonchev–Trinajstić information content (AvgIpc) is 2.27. The Balaban J connectivity index is 2.32. The minimum Gasteiger partial charge on any atom is -0.481 e. The fourth-order valence-electron chi connectivity index (χ4n) is 2.34. The van der Waals surface area contributed by atoms with Crippen LogP contribution in [-0.2, 0) is 9.59 Å². The van der Waals surface area contributed by atoms with Gasteiger partial charge in [0.1, 0.15) is 0 Å². The number of aliphatic carboxylic acids is 1. The Hall–Kier alpha value is -1.10. The molecule has 0 aromatic rings. The molecule has 0 spiro atoms. The highest BCUT2D eigenvalue weighted by molar-refractivity contribution is 5.78. The molecule has 3 N–H and O–H groups in total. The number of carboxylic acid groups (broad SMARTS) is 1. The first kappa shape index (κ1) is 14.0. The standard InChI is InChI=1S/C12H22N2O3/c1-14(7-3-6-11(15)16)12(17)9-4-2-5-10(13)8-9/h9-10H,2-8,13H2,1H3,(H,15,16). The third-order valence-electron chi connectivity index (χ3n) is 3.32. The summed E-state index contributed by atoms with van der Waals surface area (Å²) in [4.78, 5) is 24.1. The van der Waals surface area contributed by atoms with Crippen LogP contribution in [0.5, 0.6) is 0 Å². The van der Waals surface area contributed by atoms with E-state index in [0.717, 1.165) is 25.7 Å². The van der Waals surface area contributed by atoms with E-state index < -0.39 is 5.97 Å². The lowest BCUT2D eigenvalue weighted by Gasteiger charge is -2.29. The van der Waals surface area contributed by atoms with Gasteiger partial charge in [-0.3, -0.25) is 9.59 Å². The van der Waals surface area contributed by atoms with Crippen molar-refractivity contribution in [2.45, 2.75) is 44.6 Å². The summed E-state index contributed by atoms with van der Waals surface area (Å²) in [5.41, 5.74) is 5.85. The molecule has 17 heavy (non-hydrogen) atoms. The molecule has 0 radical (unpaired) electrons. The number of carbonyl (C=O) groups excluding carboxylic acids is 1. The van der Waals surface area contributed by atoms with Crippen molar-refractivity contribution in [3.05, 3.63) is 0 Å². The zero-order chi connectivity index (χ0) is 12.8. The second-order valence-electron chi connectivity index (χ2n) is 4.88. The quantitative estimate of drug-likeness (QED) is 0.748. The zero-order valence-electron chi connectivity index (χ0n) is 10.4. The van der Waals surface area contributed by atoms with Gasteiger partial charge in [0.2, 0.25) is 5.91 Å². The van der Waals surface area contributed by atoms with Gasteiger partial charge in [0.25, 0.3) is 0 Å². The molecule has 1 saturated carbocycles. The molecule has 1 fully saturated rings. The van der Waals surface area contributed by atoms with Gasteiger partial charge >= 0.3 is 5.97 Å². The third kappa shape index (κ3) is 4.73. The molecule has 98 valence electrons. The summed E-state index contributed by atoms with van der Waals surface area (Å²) in [7, 11) is 1.74. The first-order chi connectivity index (χ1) is 8.00. The van der Waals surface area contributed by atoms with Gasteiger partial charge in [-0.2, -0.15) is 0 Å². The molecule has 0 aliphatic heterocycles. The topological polar surface area (TPSA) is 83.6 Å². The van der Waals surface area contributed by atoms with E-state index in [-0.39, 0.29) is 24.3 Å². The Bertz CT molecular complexity index is 281. The second-order valence-corrected chi connectivity index (χ2v) is 4.88. The van der Waals surface area contributed by atoms with Gasteiger partial charge in [0.15, 0.2) is 0 Å². The van der Waals surface area contributed by atoms with E-state index in [9.17, 15) is 9.59 Å². The highest BCUT2D eigenvalue weighted by Crippen LogP contribution is 2.24. The largest absolute Gasteiger partial charge is 0.481 e. The summed E-state index contributed by atoms with van der Waals surface area (Å²) in [6, 6.07) is 0.144. The Labute approximate surface area is 102 Å². The fourth-order valence-corrected chi connectivity index (χ4v) is 2.34. The van der Waals surface area contributed by atoms with E-state index in [1.165, 1.54) is 0 Å². The van der Waals surface area contributed by atoms with Crippen LogP contribution in [0.4, 0.5) is 0 Å². The molecule has 0 aromatic heterocycles. The molecule has 1 rings (SSSR count). The lowest BCUT2D eigenvalue weighted by molar-refractivity contribution is -0.139. The van der Waals surface area contributed by atoms with Crippen LogP contribution in [0.3, 0.4) is 0 Å². The number of hydrogen-bond donors (Lipinski definition) is 2. The van der Waals surface area contributed by atoms with Crippen molar-refractivity contribution in [2.24, 2.45) is 11.7 Å². The minimum atomic E-state index is -0.814. The molecule has 0 heterocycles. The SMILES string of the molecule is CN(CCCC(=O)O)C(=O)C1CCCC(N)C1. The summed E-state index contributed by atoms with van der Waals surface area (Å²) in [6.07, 6.45) is 4.32. The molecule has 5 nitrogen and oxygen atoms in total. The van der Waals surface area contributed by atoms with Gasteiger partial charge < -0.3 is 15.7 Å². The van der Waals surface area contributed by atoms with Crippen molar-refractivity contribution in [2.75, 3.05) is 13.6 Å². The van der Waals surface area contributed by atoms with Crippen molar-refractivity contribution in [1.82, 2.24) is 4.90 Å². The summed E-state index contributed by atoms with van der Waals surface area (Å²) >= 11 is 0. The maximum Gasteiger partial charge on any atom is 0.303 e. The molecular formula is C12H22N2O3. The van der Waals surface area contributed by atoms with Crippen LogP contribution >= 0.6 is 0 Å². The summed E-state index contributed by atoms with van der Waals surface area (Å²) in [5.74, 6) is -0.662. The molecule has 0 bridgehead atoms. The first-order valence-electron chi connectivity index (χ1n) is 6.23. The van der Waals surface area contributed by atoms with E-state index >= 15 is 0 Å². The lowest BCUT2D eigenvalue weighted by atomic mass is 9.85. The Kier molecular flexibility index (Phi) is 5.41. The number of amides is 1. The summed E-state index contributed by atoms with van der Waals surface area (Å²) in [5, 5.41) is 8.53. The average molecular weight is 242 g/mol. The van der Waals surface area contributed by atoms with Crippen molar-refractivity contribution in [3.63, 3.8) is 0 Å². The highest BCUT2D eigenvalue weighted by atomic mass is 16.4. The van der Waals surface area contributed by atoms with E-state index in [2.05, 4.69) is 0 Å². The van der Waals surface area contributed by atoms with E-state index in [4.69, 9.17) is 10.8 Å². The highest BCUT2D eigenvalue weighted by Gasteiger charge is 2.27. The first-order valence-corrected chi connectivity index (χ1v) is 6.23. The normalized spacial score (nSPS) is 24.4. The lowest BCUT2D eigenvalue weighted by Crippen LogP contribution is -2.39. The van der Waals surface area contributed by atoms with Crippen LogP contribution in [0, 0.1) is 5.92 Å².